The Morgan fingerprint density at radius 1 is 0.790 bits per heavy atom. The number of methoxy groups -OCH3 is 2. The van der Waals surface area contributed by atoms with Gasteiger partial charge in [-0.15, -0.1) is 0 Å². The first-order valence-electron chi connectivity index (χ1n) is 22.0. The van der Waals surface area contributed by atoms with Crippen LogP contribution >= 0.6 is 0 Å². The molecular formula is C47H58N8O7. The van der Waals surface area contributed by atoms with Crippen LogP contribution in [-0.2, 0) is 25.7 Å². The summed E-state index contributed by atoms with van der Waals surface area (Å²) in [5.41, 5.74) is 6.60. The van der Waals surface area contributed by atoms with Crippen molar-refractivity contribution in [3.05, 3.63) is 65.9 Å². The molecule has 0 bridgehead atoms. The van der Waals surface area contributed by atoms with Crippen LogP contribution < -0.4 is 15.4 Å². The maximum atomic E-state index is 14.1. The number of likely N-dealkylation sites (tertiary alicyclic amines) is 2. The number of alkyl carbamates (subject to hydrolysis) is 2. The summed E-state index contributed by atoms with van der Waals surface area (Å²) < 4.78 is 16.2. The fraction of sp³-hybridized carbons (Fsp3) is 0.489. The molecule has 3 aromatic carbocycles. The number of aromatic amines is 2. The van der Waals surface area contributed by atoms with Crippen molar-refractivity contribution in [3.63, 3.8) is 0 Å². The number of rotatable bonds is 11. The number of imidazole rings is 2. The van der Waals surface area contributed by atoms with Crippen molar-refractivity contribution < 1.29 is 33.4 Å². The number of nitrogens with one attached hydrogen (secondary N) is 4. The molecule has 0 radical (unpaired) electrons. The van der Waals surface area contributed by atoms with Crippen LogP contribution in [0.15, 0.2) is 48.7 Å². The molecule has 3 aliphatic heterocycles. The van der Waals surface area contributed by atoms with E-state index in [9.17, 15) is 19.2 Å². The molecule has 4 amide bonds. The van der Waals surface area contributed by atoms with Crippen LogP contribution in [0.5, 0.6) is 5.75 Å². The smallest absolute Gasteiger partial charge is 0.407 e. The van der Waals surface area contributed by atoms with Crippen molar-refractivity contribution in [2.24, 2.45) is 11.8 Å². The van der Waals surface area contributed by atoms with Gasteiger partial charge in [0.1, 0.15) is 36.1 Å². The third-order valence-corrected chi connectivity index (χ3v) is 13.6. The molecule has 62 heavy (non-hydrogen) atoms. The molecule has 5 heterocycles. The zero-order valence-electron chi connectivity index (χ0n) is 36.8. The van der Waals surface area contributed by atoms with Gasteiger partial charge in [0.25, 0.3) is 0 Å². The third kappa shape index (κ3) is 7.70. The van der Waals surface area contributed by atoms with E-state index < -0.39 is 24.3 Å². The van der Waals surface area contributed by atoms with Gasteiger partial charge in [0.15, 0.2) is 0 Å². The number of amides is 4. The SMILES string of the molecule is CC[C@H](C)C(NC(=O)OC)C(=O)N1[C@@H](C)CC[C@H]1c1ncc(-c2ccc3c(c2)COc2cc4c(ccc5[nH]c([C@@H]6CC[C@H](C)N6C(=O)[C@@H](NC(=O)OC)[C@@H](C)CC)nc54)cc2-3)[nH]1. The highest BCUT2D eigenvalue weighted by Gasteiger charge is 2.43. The Kier molecular flexibility index (Phi) is 11.9. The van der Waals surface area contributed by atoms with E-state index in [2.05, 4.69) is 57.0 Å². The Balaban J connectivity index is 1.04. The van der Waals surface area contributed by atoms with E-state index in [-0.39, 0.29) is 47.8 Å². The van der Waals surface area contributed by atoms with Crippen LogP contribution in [0.3, 0.4) is 0 Å². The molecule has 0 spiro atoms. The zero-order chi connectivity index (χ0) is 44.0. The van der Waals surface area contributed by atoms with Gasteiger partial charge < -0.3 is 44.6 Å². The molecule has 15 nitrogen and oxygen atoms in total. The van der Waals surface area contributed by atoms with E-state index in [1.54, 1.807) is 0 Å². The molecule has 0 saturated carbocycles. The molecule has 4 N–H and O–H groups in total. The second-order valence-corrected chi connectivity index (χ2v) is 17.4. The molecule has 0 aliphatic carbocycles. The first-order valence-corrected chi connectivity index (χ1v) is 22.0. The van der Waals surface area contributed by atoms with Gasteiger partial charge in [-0.3, -0.25) is 9.59 Å². The quantitative estimate of drug-likeness (QED) is 0.102. The fourth-order valence-electron chi connectivity index (χ4n) is 9.59. The summed E-state index contributed by atoms with van der Waals surface area (Å²) in [6.07, 6.45) is 5.17. The minimum absolute atomic E-state index is 0.0157. The Morgan fingerprint density at radius 2 is 1.40 bits per heavy atom. The Morgan fingerprint density at radius 3 is 2.00 bits per heavy atom. The summed E-state index contributed by atoms with van der Waals surface area (Å²) in [7, 11) is 2.61. The summed E-state index contributed by atoms with van der Waals surface area (Å²) in [5.74, 6) is 1.78. The Bertz CT molecular complexity index is 2510. The average molecular weight is 847 g/mol. The molecular weight excluding hydrogens is 789 g/mol. The van der Waals surface area contributed by atoms with E-state index >= 15 is 0 Å². The van der Waals surface area contributed by atoms with Gasteiger partial charge >= 0.3 is 12.2 Å². The second-order valence-electron chi connectivity index (χ2n) is 17.4. The monoisotopic (exact) mass is 846 g/mol. The van der Waals surface area contributed by atoms with Crippen LogP contribution in [-0.4, -0.2) is 92.1 Å². The summed E-state index contributed by atoms with van der Waals surface area (Å²) in [6.45, 7) is 12.4. The molecule has 8 atom stereocenters. The number of carbonyl (C=O) groups excluding carboxylic acids is 4. The van der Waals surface area contributed by atoms with Crippen LogP contribution in [0, 0.1) is 11.8 Å². The van der Waals surface area contributed by atoms with Crippen molar-refractivity contribution in [2.45, 2.75) is 123 Å². The lowest BCUT2D eigenvalue weighted by molar-refractivity contribution is -0.138. The number of hydrogen-bond donors (Lipinski definition) is 4. The molecule has 3 aliphatic rings. The highest BCUT2D eigenvalue weighted by Crippen LogP contribution is 2.44. The standard InChI is InChI=1S/C47H58N8O7/c1-9-24(3)39(52-46(58)60-7)44(56)54-26(5)11-17-36(54)42-48-22-35(50-42)29-13-15-31-30(19-29)23-62-38-21-32-28(20-33(31)38)14-16-34-41(32)51-43(49-34)37-18-12-27(6)55(37)45(57)40(25(4)10-2)53-47(59)61-8/h13-16,19-22,24-27,36-37,39-40H,9-12,17-18,23H2,1-8H3,(H,48,50)(H,49,51)(H,52,58)(H,53,59)/t24-,25-,26-,27-,36-,37-,39?,40-/m0/s1. The number of ether oxygens (including phenoxy) is 3. The lowest BCUT2D eigenvalue weighted by Crippen LogP contribution is -2.53. The number of aromatic nitrogens is 4. The summed E-state index contributed by atoms with van der Waals surface area (Å²) in [6, 6.07) is 12.7. The second kappa shape index (κ2) is 17.3. The first kappa shape index (κ1) is 42.6. The number of benzene rings is 3. The van der Waals surface area contributed by atoms with Gasteiger partial charge in [0.2, 0.25) is 11.8 Å². The molecule has 2 fully saturated rings. The highest BCUT2D eigenvalue weighted by molar-refractivity contribution is 6.07. The molecule has 15 heteroatoms. The van der Waals surface area contributed by atoms with Gasteiger partial charge in [-0.2, -0.15) is 0 Å². The van der Waals surface area contributed by atoms with Crippen LogP contribution in [0.2, 0.25) is 0 Å². The van der Waals surface area contributed by atoms with Gasteiger partial charge in [-0.05, 0) is 97.7 Å². The minimum atomic E-state index is -0.712. The van der Waals surface area contributed by atoms with Gasteiger partial charge in [0.05, 0.1) is 49.2 Å². The van der Waals surface area contributed by atoms with Gasteiger partial charge in [-0.1, -0.05) is 58.7 Å². The number of carbonyl (C=O) groups is 4. The van der Waals surface area contributed by atoms with E-state index in [0.717, 1.165) is 99.9 Å². The summed E-state index contributed by atoms with van der Waals surface area (Å²) >= 11 is 0. The molecule has 8 rings (SSSR count). The van der Waals surface area contributed by atoms with E-state index in [4.69, 9.17) is 24.2 Å². The third-order valence-electron chi connectivity index (χ3n) is 13.6. The zero-order valence-corrected chi connectivity index (χ0v) is 36.8. The predicted molar refractivity (Wildman–Crippen MR) is 235 cm³/mol. The summed E-state index contributed by atoms with van der Waals surface area (Å²) in [5, 5.41) is 7.53. The van der Waals surface area contributed by atoms with Crippen LogP contribution in [0.4, 0.5) is 9.59 Å². The van der Waals surface area contributed by atoms with Crippen LogP contribution in [0.1, 0.15) is 109 Å². The molecule has 1 unspecified atom stereocenters. The molecule has 2 aromatic heterocycles. The largest absolute Gasteiger partial charge is 0.488 e. The van der Waals surface area contributed by atoms with Crippen molar-refractivity contribution in [1.29, 1.82) is 0 Å². The lowest BCUT2D eigenvalue weighted by Gasteiger charge is -2.33. The number of fused-ring (bicyclic) bond motifs is 6. The van der Waals surface area contributed by atoms with Gasteiger partial charge in [-0.25, -0.2) is 19.6 Å². The van der Waals surface area contributed by atoms with Gasteiger partial charge in [0, 0.05) is 23.0 Å². The minimum Gasteiger partial charge on any atom is -0.488 e. The predicted octanol–water partition coefficient (Wildman–Crippen LogP) is 8.31. The summed E-state index contributed by atoms with van der Waals surface area (Å²) in [4.78, 5) is 73.4. The maximum absolute atomic E-state index is 14.1. The van der Waals surface area contributed by atoms with Crippen molar-refractivity contribution in [3.8, 4) is 28.1 Å². The Labute approximate surface area is 361 Å². The number of H-pyrrole nitrogens is 2. The van der Waals surface area contributed by atoms with E-state index in [1.165, 1.54) is 14.2 Å². The van der Waals surface area contributed by atoms with E-state index in [0.29, 0.717) is 12.4 Å². The average Bonchev–Trinajstić information content (AvgIpc) is 4.11. The van der Waals surface area contributed by atoms with E-state index in [1.807, 2.05) is 63.6 Å². The number of hydrogen-bond acceptors (Lipinski definition) is 9. The van der Waals surface area contributed by atoms with Crippen LogP contribution in [0.25, 0.3) is 44.2 Å². The van der Waals surface area contributed by atoms with Crippen molar-refractivity contribution in [1.82, 2.24) is 40.4 Å². The first-order chi connectivity index (χ1) is 29.8. The molecule has 2 saturated heterocycles. The maximum Gasteiger partial charge on any atom is 0.407 e. The fourth-order valence-corrected chi connectivity index (χ4v) is 9.59. The normalized spacial score (nSPS) is 21.4. The molecule has 328 valence electrons. The highest BCUT2D eigenvalue weighted by atomic mass is 16.5. The number of nitrogens with zero attached hydrogens (tertiary/aromatic N) is 4. The topological polar surface area (TPSA) is 184 Å². The lowest BCUT2D eigenvalue weighted by atomic mass is 9.92. The Hall–Kier alpha value is -6.12. The van der Waals surface area contributed by atoms with Crippen molar-refractivity contribution in [2.75, 3.05) is 14.2 Å². The van der Waals surface area contributed by atoms with Crippen molar-refractivity contribution >= 4 is 45.8 Å². The molecule has 5 aromatic rings.